The van der Waals surface area contributed by atoms with Crippen molar-refractivity contribution < 1.29 is 13.2 Å². The van der Waals surface area contributed by atoms with Crippen LogP contribution in [0.25, 0.3) is 0 Å². The summed E-state index contributed by atoms with van der Waals surface area (Å²) in [4.78, 5) is 3.81. The summed E-state index contributed by atoms with van der Waals surface area (Å²) in [6, 6.07) is 3.12. The number of sulfonamides is 1. The fourth-order valence-corrected chi connectivity index (χ4v) is 3.11. The first-order chi connectivity index (χ1) is 8.50. The van der Waals surface area contributed by atoms with Crippen LogP contribution in [0.2, 0.25) is 0 Å². The Hall–Kier alpha value is -1.18. The summed E-state index contributed by atoms with van der Waals surface area (Å²) in [5.41, 5.74) is 5.76. The van der Waals surface area contributed by atoms with E-state index in [0.717, 1.165) is 6.42 Å². The van der Waals surface area contributed by atoms with Crippen molar-refractivity contribution in [2.75, 3.05) is 18.9 Å². The molecule has 0 radical (unpaired) electrons. The first kappa shape index (κ1) is 13.3. The number of pyridine rings is 1. The summed E-state index contributed by atoms with van der Waals surface area (Å²) in [6.07, 6.45) is 2.35. The Balaban J connectivity index is 2.06. The molecular weight excluding hydrogens is 254 g/mol. The van der Waals surface area contributed by atoms with Gasteiger partial charge in [-0.2, -0.15) is 0 Å². The maximum atomic E-state index is 12.0. The van der Waals surface area contributed by atoms with Gasteiger partial charge in [0.05, 0.1) is 11.8 Å². The maximum Gasteiger partial charge on any atom is 0.260 e. The molecular formula is C11H17N3O3S. The van der Waals surface area contributed by atoms with E-state index in [-0.39, 0.29) is 22.7 Å². The average Bonchev–Trinajstić information content (AvgIpc) is 2.73. The topological polar surface area (TPSA) is 94.3 Å². The van der Waals surface area contributed by atoms with Crippen molar-refractivity contribution in [1.82, 2.24) is 9.71 Å². The molecule has 0 saturated carbocycles. The maximum absolute atomic E-state index is 12.0. The number of anilines is 1. The number of ether oxygens (including phenoxy) is 1. The van der Waals surface area contributed by atoms with E-state index in [2.05, 4.69) is 9.71 Å². The number of nitrogen functional groups attached to an aromatic ring is 1. The third-order valence-electron chi connectivity index (χ3n) is 3.12. The number of hydrogen-bond acceptors (Lipinski definition) is 5. The number of aromatic nitrogens is 1. The summed E-state index contributed by atoms with van der Waals surface area (Å²) in [6.45, 7) is 2.97. The van der Waals surface area contributed by atoms with Crippen LogP contribution in [0.4, 0.5) is 5.69 Å². The summed E-state index contributed by atoms with van der Waals surface area (Å²) in [7, 11) is -3.64. The number of nitrogens with zero attached hydrogens (tertiary/aromatic N) is 1. The molecule has 18 heavy (non-hydrogen) atoms. The van der Waals surface area contributed by atoms with Gasteiger partial charge in [-0.25, -0.2) is 18.1 Å². The van der Waals surface area contributed by atoms with E-state index in [1.54, 1.807) is 6.07 Å². The highest BCUT2D eigenvalue weighted by Crippen LogP contribution is 2.20. The lowest BCUT2D eigenvalue weighted by Gasteiger charge is -2.15. The van der Waals surface area contributed by atoms with E-state index in [0.29, 0.717) is 13.2 Å². The standard InChI is InChI=1S/C11H17N3O3S/c1-8-9(4-6-17-8)7-14-18(15,16)11-10(12)3-2-5-13-11/h2-3,5,8-9,14H,4,6-7,12H2,1H3. The van der Waals surface area contributed by atoms with Gasteiger partial charge < -0.3 is 10.5 Å². The molecule has 1 aromatic rings. The van der Waals surface area contributed by atoms with Gasteiger partial charge in [0.2, 0.25) is 0 Å². The number of nitrogens with one attached hydrogen (secondary N) is 1. The van der Waals surface area contributed by atoms with Crippen molar-refractivity contribution >= 4 is 15.7 Å². The van der Waals surface area contributed by atoms with Crippen LogP contribution in [-0.4, -0.2) is 32.7 Å². The minimum Gasteiger partial charge on any atom is -0.396 e. The zero-order chi connectivity index (χ0) is 13.2. The highest BCUT2D eigenvalue weighted by molar-refractivity contribution is 7.89. The van der Waals surface area contributed by atoms with E-state index in [9.17, 15) is 8.42 Å². The molecule has 2 atom stereocenters. The fraction of sp³-hybridized carbons (Fsp3) is 0.545. The number of rotatable bonds is 4. The van der Waals surface area contributed by atoms with Gasteiger partial charge in [0.15, 0.2) is 5.03 Å². The third kappa shape index (κ3) is 2.80. The van der Waals surface area contributed by atoms with Crippen molar-refractivity contribution in [2.45, 2.75) is 24.5 Å². The third-order valence-corrected chi connectivity index (χ3v) is 4.52. The normalized spacial score (nSPS) is 24.3. The van der Waals surface area contributed by atoms with E-state index < -0.39 is 10.0 Å². The first-order valence-electron chi connectivity index (χ1n) is 5.82. The predicted octanol–water partition coefficient (Wildman–Crippen LogP) is 0.367. The Bertz CT molecular complexity index is 518. The highest BCUT2D eigenvalue weighted by Gasteiger charge is 2.27. The van der Waals surface area contributed by atoms with Gasteiger partial charge >= 0.3 is 0 Å². The van der Waals surface area contributed by atoms with Crippen LogP contribution in [0.5, 0.6) is 0 Å². The van der Waals surface area contributed by atoms with Gasteiger partial charge in [0.1, 0.15) is 0 Å². The van der Waals surface area contributed by atoms with Crippen LogP contribution >= 0.6 is 0 Å². The molecule has 100 valence electrons. The van der Waals surface area contributed by atoms with Crippen molar-refractivity contribution in [1.29, 1.82) is 0 Å². The summed E-state index contributed by atoms with van der Waals surface area (Å²) in [5, 5.41) is -0.114. The van der Waals surface area contributed by atoms with Gasteiger partial charge in [0.25, 0.3) is 10.0 Å². The monoisotopic (exact) mass is 271 g/mol. The second-order valence-corrected chi connectivity index (χ2v) is 6.06. The smallest absolute Gasteiger partial charge is 0.260 e. The molecule has 2 heterocycles. The van der Waals surface area contributed by atoms with Crippen LogP contribution in [0, 0.1) is 5.92 Å². The van der Waals surface area contributed by atoms with E-state index in [4.69, 9.17) is 10.5 Å². The van der Waals surface area contributed by atoms with Crippen molar-refractivity contribution in [3.05, 3.63) is 18.3 Å². The van der Waals surface area contributed by atoms with E-state index >= 15 is 0 Å². The highest BCUT2D eigenvalue weighted by atomic mass is 32.2. The van der Waals surface area contributed by atoms with Gasteiger partial charge in [-0.15, -0.1) is 0 Å². The van der Waals surface area contributed by atoms with Crippen LogP contribution in [0.1, 0.15) is 13.3 Å². The zero-order valence-electron chi connectivity index (χ0n) is 10.2. The molecule has 1 aliphatic rings. The minimum absolute atomic E-state index is 0.0776. The van der Waals surface area contributed by atoms with Crippen LogP contribution in [-0.2, 0) is 14.8 Å². The summed E-state index contributed by atoms with van der Waals surface area (Å²) >= 11 is 0. The molecule has 1 aromatic heterocycles. The quantitative estimate of drug-likeness (QED) is 0.825. The van der Waals surface area contributed by atoms with Crippen LogP contribution in [0.15, 0.2) is 23.4 Å². The molecule has 1 saturated heterocycles. The Morgan fingerprint density at radius 3 is 3.00 bits per heavy atom. The second kappa shape index (κ2) is 5.21. The Morgan fingerprint density at radius 1 is 1.61 bits per heavy atom. The molecule has 2 unspecified atom stereocenters. The summed E-state index contributed by atoms with van der Waals surface area (Å²) in [5.74, 6) is 0.199. The zero-order valence-corrected chi connectivity index (χ0v) is 11.0. The molecule has 2 rings (SSSR count). The average molecular weight is 271 g/mol. The lowest BCUT2D eigenvalue weighted by atomic mass is 10.0. The molecule has 1 fully saturated rings. The Morgan fingerprint density at radius 2 is 2.39 bits per heavy atom. The van der Waals surface area contributed by atoms with E-state index in [1.807, 2.05) is 6.92 Å². The Kier molecular flexibility index (Phi) is 3.84. The minimum atomic E-state index is -3.64. The van der Waals surface area contributed by atoms with Crippen LogP contribution < -0.4 is 10.5 Å². The molecule has 0 amide bonds. The molecule has 7 heteroatoms. The van der Waals surface area contributed by atoms with E-state index in [1.165, 1.54) is 12.3 Å². The fourth-order valence-electron chi connectivity index (χ4n) is 1.96. The number of nitrogens with two attached hydrogens (primary N) is 1. The predicted molar refractivity (Wildman–Crippen MR) is 67.4 cm³/mol. The van der Waals surface area contributed by atoms with Gasteiger partial charge in [-0.1, -0.05) is 0 Å². The number of hydrogen-bond donors (Lipinski definition) is 2. The first-order valence-corrected chi connectivity index (χ1v) is 7.31. The molecule has 0 aromatic carbocycles. The molecule has 1 aliphatic heterocycles. The lowest BCUT2D eigenvalue weighted by molar-refractivity contribution is 0.107. The van der Waals surface area contributed by atoms with Gasteiger partial charge in [-0.05, 0) is 25.5 Å². The molecule has 0 spiro atoms. The Labute approximate surface area is 107 Å². The molecule has 3 N–H and O–H groups in total. The molecule has 6 nitrogen and oxygen atoms in total. The largest absolute Gasteiger partial charge is 0.396 e. The van der Waals surface area contributed by atoms with Crippen molar-refractivity contribution in [3.8, 4) is 0 Å². The van der Waals surface area contributed by atoms with Gasteiger partial charge in [0, 0.05) is 25.3 Å². The van der Waals surface area contributed by atoms with Gasteiger partial charge in [-0.3, -0.25) is 0 Å². The van der Waals surface area contributed by atoms with Crippen LogP contribution in [0.3, 0.4) is 0 Å². The lowest BCUT2D eigenvalue weighted by Crippen LogP contribution is -2.32. The van der Waals surface area contributed by atoms with Crippen molar-refractivity contribution in [3.63, 3.8) is 0 Å². The second-order valence-electron chi connectivity index (χ2n) is 4.37. The van der Waals surface area contributed by atoms with Crippen molar-refractivity contribution in [2.24, 2.45) is 5.92 Å². The molecule has 0 aliphatic carbocycles. The summed E-state index contributed by atoms with van der Waals surface area (Å²) < 4.78 is 32.0. The molecule has 0 bridgehead atoms. The SMILES string of the molecule is CC1OCCC1CNS(=O)(=O)c1ncccc1N.